The lowest BCUT2D eigenvalue weighted by Gasteiger charge is -2.10. The first kappa shape index (κ1) is 21.8. The van der Waals surface area contributed by atoms with Gasteiger partial charge >= 0.3 is 6.18 Å². The van der Waals surface area contributed by atoms with Crippen LogP contribution in [0.4, 0.5) is 28.6 Å². The summed E-state index contributed by atoms with van der Waals surface area (Å²) in [5.74, 6) is -0.757. The Morgan fingerprint density at radius 3 is 2.32 bits per heavy atom. The van der Waals surface area contributed by atoms with Gasteiger partial charge in [-0.1, -0.05) is 25.2 Å². The molecule has 1 N–H and O–H groups in total. The van der Waals surface area contributed by atoms with Crippen molar-refractivity contribution in [3.05, 3.63) is 29.6 Å². The zero-order chi connectivity index (χ0) is 21.1. The van der Waals surface area contributed by atoms with Crippen molar-refractivity contribution in [1.82, 2.24) is 15.0 Å². The first-order chi connectivity index (χ1) is 13.2. The van der Waals surface area contributed by atoms with Gasteiger partial charge in [0.2, 0.25) is 5.95 Å². The second-order valence-electron chi connectivity index (χ2n) is 5.66. The van der Waals surface area contributed by atoms with Crippen molar-refractivity contribution in [3.63, 3.8) is 0 Å². The van der Waals surface area contributed by atoms with E-state index in [9.17, 15) is 17.6 Å². The summed E-state index contributed by atoms with van der Waals surface area (Å²) in [6.45, 7) is 6.38. The van der Waals surface area contributed by atoms with E-state index in [1.54, 1.807) is 19.0 Å². The Kier molecular flexibility index (Phi) is 6.76. The van der Waals surface area contributed by atoms with Crippen molar-refractivity contribution in [3.8, 4) is 11.3 Å². The van der Waals surface area contributed by atoms with Crippen LogP contribution >= 0.6 is 11.3 Å². The number of anilines is 2. The molecule has 0 saturated heterocycles. The number of hydrogen-bond donors (Lipinski definition) is 1. The highest BCUT2D eigenvalue weighted by molar-refractivity contribution is 7.22. The average molecular weight is 415 g/mol. The van der Waals surface area contributed by atoms with E-state index in [0.717, 1.165) is 12.1 Å². The molecule has 5 nitrogen and oxygen atoms in total. The highest BCUT2D eigenvalue weighted by Crippen LogP contribution is 2.37. The molecular formula is C18H21F4N5S. The largest absolute Gasteiger partial charge is 0.416 e. The lowest BCUT2D eigenvalue weighted by atomic mass is 10.1. The molecule has 0 unspecified atom stereocenters. The maximum absolute atomic E-state index is 14.5. The number of aromatic nitrogens is 3. The molecule has 152 valence electrons. The number of benzene rings is 1. The molecule has 0 amide bonds. The maximum Gasteiger partial charge on any atom is 0.416 e. The number of alkyl halides is 3. The van der Waals surface area contributed by atoms with Gasteiger partial charge in [0.15, 0.2) is 10.8 Å². The van der Waals surface area contributed by atoms with Gasteiger partial charge in [0.05, 0.1) is 11.3 Å². The highest BCUT2D eigenvalue weighted by Gasteiger charge is 2.31. The normalized spacial score (nSPS) is 11.2. The Bertz CT molecular complexity index is 953. The van der Waals surface area contributed by atoms with Crippen LogP contribution in [0.5, 0.6) is 0 Å². The van der Waals surface area contributed by atoms with E-state index >= 15 is 0 Å². The standard InChI is InChI=1S/C16H15F4N5S.C2H6/c1-4-21-14-22-11(12-13(23-14)24-15(26-12)25(2)3)9-6-5-8(7-10(9)17)16(18,19)20;1-2/h5-7H,4H2,1-3H3,(H,21,22,23);1-2H3. The molecule has 0 spiro atoms. The topological polar surface area (TPSA) is 53.9 Å². The average Bonchev–Trinajstić information content (AvgIpc) is 3.07. The smallest absolute Gasteiger partial charge is 0.354 e. The summed E-state index contributed by atoms with van der Waals surface area (Å²) in [7, 11) is 3.60. The van der Waals surface area contributed by atoms with E-state index in [1.807, 2.05) is 20.8 Å². The zero-order valence-corrected chi connectivity index (χ0v) is 17.0. The van der Waals surface area contributed by atoms with Gasteiger partial charge < -0.3 is 10.2 Å². The highest BCUT2D eigenvalue weighted by atomic mass is 32.1. The third-order valence-corrected chi connectivity index (χ3v) is 4.73. The molecule has 10 heteroatoms. The molecule has 0 radical (unpaired) electrons. The van der Waals surface area contributed by atoms with Crippen LogP contribution in [-0.2, 0) is 6.18 Å². The van der Waals surface area contributed by atoms with Gasteiger partial charge in [-0.3, -0.25) is 0 Å². The quantitative estimate of drug-likeness (QED) is 0.576. The number of nitrogens with zero attached hydrogens (tertiary/aromatic N) is 4. The number of thiazole rings is 1. The fraction of sp³-hybridized carbons (Fsp3) is 0.389. The minimum absolute atomic E-state index is 0.0292. The molecule has 0 aliphatic carbocycles. The molecule has 3 rings (SSSR count). The maximum atomic E-state index is 14.5. The summed E-state index contributed by atoms with van der Waals surface area (Å²) in [5.41, 5.74) is -0.505. The minimum Gasteiger partial charge on any atom is -0.354 e. The molecule has 1 aromatic carbocycles. The third-order valence-electron chi connectivity index (χ3n) is 3.51. The second-order valence-corrected chi connectivity index (χ2v) is 6.64. The van der Waals surface area contributed by atoms with Crippen LogP contribution in [0.2, 0.25) is 0 Å². The van der Waals surface area contributed by atoms with Gasteiger partial charge in [0, 0.05) is 26.2 Å². The predicted octanol–water partition coefficient (Wildman–Crippen LogP) is 5.44. The van der Waals surface area contributed by atoms with Crippen LogP contribution in [-0.4, -0.2) is 35.6 Å². The van der Waals surface area contributed by atoms with E-state index in [2.05, 4.69) is 20.3 Å². The fourth-order valence-corrected chi connectivity index (χ4v) is 3.24. The fourth-order valence-electron chi connectivity index (χ4n) is 2.31. The molecular weight excluding hydrogens is 394 g/mol. The second kappa shape index (κ2) is 8.68. The van der Waals surface area contributed by atoms with Crippen LogP contribution in [0.25, 0.3) is 21.6 Å². The molecule has 0 bridgehead atoms. The Balaban J connectivity index is 0.00000136. The monoisotopic (exact) mass is 415 g/mol. The van der Waals surface area contributed by atoms with Gasteiger partial charge in [-0.05, 0) is 25.1 Å². The van der Waals surface area contributed by atoms with Crippen LogP contribution < -0.4 is 10.2 Å². The van der Waals surface area contributed by atoms with Crippen molar-refractivity contribution in [2.45, 2.75) is 26.9 Å². The third kappa shape index (κ3) is 4.49. The Labute approximate surface area is 164 Å². The van der Waals surface area contributed by atoms with E-state index in [-0.39, 0.29) is 17.2 Å². The van der Waals surface area contributed by atoms with Crippen molar-refractivity contribution in [2.24, 2.45) is 0 Å². The van der Waals surface area contributed by atoms with Crippen LogP contribution in [0.1, 0.15) is 26.3 Å². The number of halogens is 4. The number of rotatable bonds is 4. The molecule has 2 aromatic heterocycles. The van der Waals surface area contributed by atoms with E-state index in [4.69, 9.17) is 0 Å². The van der Waals surface area contributed by atoms with Crippen LogP contribution in [0.3, 0.4) is 0 Å². The first-order valence-corrected chi connectivity index (χ1v) is 9.49. The predicted molar refractivity (Wildman–Crippen MR) is 105 cm³/mol. The van der Waals surface area contributed by atoms with Crippen LogP contribution in [0.15, 0.2) is 18.2 Å². The van der Waals surface area contributed by atoms with Crippen molar-refractivity contribution < 1.29 is 17.6 Å². The lowest BCUT2D eigenvalue weighted by molar-refractivity contribution is -0.137. The number of hydrogen-bond acceptors (Lipinski definition) is 6. The van der Waals surface area contributed by atoms with E-state index in [1.165, 1.54) is 11.3 Å². The molecule has 0 fully saturated rings. The summed E-state index contributed by atoms with van der Waals surface area (Å²) in [6, 6.07) is 2.40. The Morgan fingerprint density at radius 1 is 1.11 bits per heavy atom. The molecule has 0 saturated carbocycles. The lowest BCUT2D eigenvalue weighted by Crippen LogP contribution is -2.07. The first-order valence-electron chi connectivity index (χ1n) is 8.67. The van der Waals surface area contributed by atoms with Crippen molar-refractivity contribution >= 4 is 32.8 Å². The van der Waals surface area contributed by atoms with Gasteiger partial charge in [-0.15, -0.1) is 0 Å². The summed E-state index contributed by atoms with van der Waals surface area (Å²) < 4.78 is 53.4. The zero-order valence-electron chi connectivity index (χ0n) is 16.1. The van der Waals surface area contributed by atoms with E-state index < -0.39 is 17.6 Å². The summed E-state index contributed by atoms with van der Waals surface area (Å²) in [5, 5.41) is 3.57. The number of nitrogens with one attached hydrogen (secondary N) is 1. The minimum atomic E-state index is -4.61. The molecule has 2 heterocycles. The van der Waals surface area contributed by atoms with E-state index in [0.29, 0.717) is 28.1 Å². The Morgan fingerprint density at radius 2 is 1.79 bits per heavy atom. The number of fused-ring (bicyclic) bond motifs is 1. The van der Waals surface area contributed by atoms with Gasteiger partial charge in [-0.25, -0.2) is 9.37 Å². The molecule has 28 heavy (non-hydrogen) atoms. The van der Waals surface area contributed by atoms with Gasteiger partial charge in [-0.2, -0.15) is 23.1 Å². The SMILES string of the molecule is CC.CCNc1nc(-c2ccc(C(F)(F)F)cc2F)c2sc(N(C)C)nc2n1. The van der Waals surface area contributed by atoms with Crippen molar-refractivity contribution in [2.75, 3.05) is 30.9 Å². The van der Waals surface area contributed by atoms with Crippen LogP contribution in [0, 0.1) is 5.82 Å². The Hall–Kier alpha value is -2.49. The van der Waals surface area contributed by atoms with Crippen molar-refractivity contribution in [1.29, 1.82) is 0 Å². The molecule has 3 aromatic rings. The molecule has 0 aliphatic rings. The van der Waals surface area contributed by atoms with Gasteiger partial charge in [0.1, 0.15) is 10.5 Å². The van der Waals surface area contributed by atoms with Gasteiger partial charge in [0.25, 0.3) is 0 Å². The molecule has 0 atom stereocenters. The molecule has 0 aliphatic heterocycles. The summed E-state index contributed by atoms with van der Waals surface area (Å²) in [6.07, 6.45) is -4.61. The summed E-state index contributed by atoms with van der Waals surface area (Å²) >= 11 is 1.25. The summed E-state index contributed by atoms with van der Waals surface area (Å²) in [4.78, 5) is 14.7.